The second kappa shape index (κ2) is 6.39. The number of hydrogen-bond acceptors (Lipinski definition) is 3. The molecule has 2 aromatic rings. The zero-order valence-electron chi connectivity index (χ0n) is 11.3. The van der Waals surface area contributed by atoms with Crippen molar-refractivity contribution in [3.8, 4) is 0 Å². The van der Waals surface area contributed by atoms with Crippen LogP contribution in [0.4, 0.5) is 0 Å². The lowest BCUT2D eigenvalue weighted by atomic mass is 10.0. The third kappa shape index (κ3) is 3.69. The summed E-state index contributed by atoms with van der Waals surface area (Å²) in [7, 11) is -3.47. The molecule has 108 valence electrons. The van der Waals surface area contributed by atoms with E-state index in [1.165, 1.54) is 11.3 Å². The van der Waals surface area contributed by atoms with Crippen LogP contribution in [-0.2, 0) is 10.0 Å². The first-order chi connectivity index (χ1) is 9.42. The predicted molar refractivity (Wildman–Crippen MR) is 86.6 cm³/mol. The van der Waals surface area contributed by atoms with E-state index in [1.807, 2.05) is 38.1 Å². The number of sulfonamides is 1. The van der Waals surface area contributed by atoms with Crippen LogP contribution in [0, 0.1) is 6.92 Å². The first-order valence-corrected chi connectivity index (χ1v) is 9.36. The zero-order chi connectivity index (χ0) is 14.8. The van der Waals surface area contributed by atoms with Gasteiger partial charge in [0.25, 0.3) is 10.0 Å². The van der Waals surface area contributed by atoms with Gasteiger partial charge in [0.1, 0.15) is 4.21 Å². The van der Waals surface area contributed by atoms with E-state index in [-0.39, 0.29) is 6.04 Å². The maximum Gasteiger partial charge on any atom is 0.250 e. The Morgan fingerprint density at radius 3 is 2.35 bits per heavy atom. The minimum Gasteiger partial charge on any atom is -0.206 e. The molecule has 0 bridgehead atoms. The first kappa shape index (κ1) is 15.7. The monoisotopic (exact) mass is 373 g/mol. The Morgan fingerprint density at radius 2 is 1.85 bits per heavy atom. The van der Waals surface area contributed by atoms with Crippen molar-refractivity contribution in [3.05, 3.63) is 51.3 Å². The standard InChI is InChI=1S/C14H16BrNO2S2/c1-3-12(11-6-4-10(2)5-7-11)16-20(17,18)14-9-8-13(15)19-14/h4-9,12,16H,3H2,1-2H3/t12-/m1/s1. The Kier molecular flexibility index (Phi) is 5.01. The molecule has 0 fully saturated rings. The fourth-order valence-electron chi connectivity index (χ4n) is 1.87. The molecule has 0 saturated heterocycles. The molecular formula is C14H16BrNO2S2. The van der Waals surface area contributed by atoms with Crippen molar-refractivity contribution in [2.24, 2.45) is 0 Å². The van der Waals surface area contributed by atoms with E-state index in [1.54, 1.807) is 12.1 Å². The summed E-state index contributed by atoms with van der Waals surface area (Å²) in [6, 6.07) is 11.1. The maximum absolute atomic E-state index is 12.3. The highest BCUT2D eigenvalue weighted by Gasteiger charge is 2.21. The summed E-state index contributed by atoms with van der Waals surface area (Å²) in [6.07, 6.45) is 0.703. The third-order valence-electron chi connectivity index (χ3n) is 3.00. The highest BCUT2D eigenvalue weighted by Crippen LogP contribution is 2.28. The summed E-state index contributed by atoms with van der Waals surface area (Å²) in [5, 5.41) is 0. The quantitative estimate of drug-likeness (QED) is 0.851. The van der Waals surface area contributed by atoms with Gasteiger partial charge in [-0.2, -0.15) is 0 Å². The van der Waals surface area contributed by atoms with E-state index in [2.05, 4.69) is 20.7 Å². The molecule has 6 heteroatoms. The van der Waals surface area contributed by atoms with Crippen molar-refractivity contribution < 1.29 is 8.42 Å². The van der Waals surface area contributed by atoms with Crippen LogP contribution >= 0.6 is 27.3 Å². The molecule has 1 aromatic carbocycles. The van der Waals surface area contributed by atoms with Crippen LogP contribution < -0.4 is 4.72 Å². The molecule has 1 heterocycles. The molecular weight excluding hydrogens is 358 g/mol. The molecule has 1 N–H and O–H groups in total. The molecule has 1 aromatic heterocycles. The van der Waals surface area contributed by atoms with Gasteiger partial charge in [-0.15, -0.1) is 11.3 Å². The topological polar surface area (TPSA) is 46.2 Å². The Morgan fingerprint density at radius 1 is 1.20 bits per heavy atom. The summed E-state index contributed by atoms with van der Waals surface area (Å²) in [4.78, 5) is 0. The van der Waals surface area contributed by atoms with Crippen molar-refractivity contribution in [1.82, 2.24) is 4.72 Å². The molecule has 20 heavy (non-hydrogen) atoms. The van der Waals surface area contributed by atoms with Gasteiger partial charge in [-0.3, -0.25) is 0 Å². The normalized spacial score (nSPS) is 13.3. The van der Waals surface area contributed by atoms with Crippen LogP contribution in [0.25, 0.3) is 0 Å². The Hall–Kier alpha value is -0.690. The lowest BCUT2D eigenvalue weighted by molar-refractivity contribution is 0.552. The zero-order valence-corrected chi connectivity index (χ0v) is 14.5. The number of rotatable bonds is 5. The summed E-state index contributed by atoms with van der Waals surface area (Å²) in [6.45, 7) is 3.98. The van der Waals surface area contributed by atoms with Gasteiger partial charge in [0, 0.05) is 6.04 Å². The highest BCUT2D eigenvalue weighted by molar-refractivity contribution is 9.11. The van der Waals surface area contributed by atoms with Gasteiger partial charge < -0.3 is 0 Å². The van der Waals surface area contributed by atoms with Crippen LogP contribution in [0.5, 0.6) is 0 Å². The van der Waals surface area contributed by atoms with Crippen LogP contribution in [0.3, 0.4) is 0 Å². The molecule has 0 aliphatic carbocycles. The highest BCUT2D eigenvalue weighted by atomic mass is 79.9. The van der Waals surface area contributed by atoms with E-state index in [9.17, 15) is 8.42 Å². The van der Waals surface area contributed by atoms with Crippen LogP contribution in [0.15, 0.2) is 44.4 Å². The van der Waals surface area contributed by atoms with Crippen molar-refractivity contribution in [2.75, 3.05) is 0 Å². The van der Waals surface area contributed by atoms with Crippen molar-refractivity contribution in [3.63, 3.8) is 0 Å². The third-order valence-corrected chi connectivity index (χ3v) is 6.59. The summed E-state index contributed by atoms with van der Waals surface area (Å²) in [5.74, 6) is 0. The molecule has 0 unspecified atom stereocenters. The summed E-state index contributed by atoms with van der Waals surface area (Å²) in [5.41, 5.74) is 2.14. The van der Waals surface area contributed by atoms with E-state index in [0.29, 0.717) is 10.6 Å². The lowest BCUT2D eigenvalue weighted by Gasteiger charge is -2.17. The first-order valence-electron chi connectivity index (χ1n) is 6.26. The van der Waals surface area contributed by atoms with Gasteiger partial charge in [-0.25, -0.2) is 13.1 Å². The number of thiophene rings is 1. The van der Waals surface area contributed by atoms with Crippen LogP contribution in [-0.4, -0.2) is 8.42 Å². The predicted octanol–water partition coefficient (Wildman–Crippen LogP) is 4.25. The number of halogens is 1. The van der Waals surface area contributed by atoms with E-state index >= 15 is 0 Å². The summed E-state index contributed by atoms with van der Waals surface area (Å²) < 4.78 is 28.6. The van der Waals surface area contributed by atoms with Crippen molar-refractivity contribution >= 4 is 37.3 Å². The van der Waals surface area contributed by atoms with E-state index < -0.39 is 10.0 Å². The van der Waals surface area contributed by atoms with Gasteiger partial charge in [0.2, 0.25) is 0 Å². The average Bonchev–Trinajstić information content (AvgIpc) is 2.85. The molecule has 0 saturated carbocycles. The van der Waals surface area contributed by atoms with Gasteiger partial charge in [0.15, 0.2) is 0 Å². The lowest BCUT2D eigenvalue weighted by Crippen LogP contribution is -2.27. The van der Waals surface area contributed by atoms with Crippen LogP contribution in [0.1, 0.15) is 30.5 Å². The second-order valence-electron chi connectivity index (χ2n) is 4.55. The van der Waals surface area contributed by atoms with Crippen molar-refractivity contribution in [1.29, 1.82) is 0 Å². The molecule has 0 spiro atoms. The number of aryl methyl sites for hydroxylation is 1. The van der Waals surface area contributed by atoms with Crippen molar-refractivity contribution in [2.45, 2.75) is 30.5 Å². The fraction of sp³-hybridized carbons (Fsp3) is 0.286. The minimum atomic E-state index is -3.47. The molecule has 0 aliphatic rings. The summed E-state index contributed by atoms with van der Waals surface area (Å²) >= 11 is 4.50. The molecule has 0 amide bonds. The maximum atomic E-state index is 12.3. The largest absolute Gasteiger partial charge is 0.250 e. The Balaban J connectivity index is 2.24. The van der Waals surface area contributed by atoms with Gasteiger partial charge in [-0.1, -0.05) is 36.8 Å². The SMILES string of the molecule is CC[C@@H](NS(=O)(=O)c1ccc(Br)s1)c1ccc(C)cc1. The van der Waals surface area contributed by atoms with Gasteiger partial charge in [0.05, 0.1) is 3.79 Å². The van der Waals surface area contributed by atoms with E-state index in [0.717, 1.165) is 14.9 Å². The molecule has 3 nitrogen and oxygen atoms in total. The number of nitrogens with one attached hydrogen (secondary N) is 1. The molecule has 0 radical (unpaired) electrons. The Bertz CT molecular complexity index is 677. The van der Waals surface area contributed by atoms with Gasteiger partial charge >= 0.3 is 0 Å². The molecule has 2 rings (SSSR count). The average molecular weight is 374 g/mol. The van der Waals surface area contributed by atoms with Crippen LogP contribution in [0.2, 0.25) is 0 Å². The number of benzene rings is 1. The fourth-order valence-corrected chi connectivity index (χ4v) is 5.21. The van der Waals surface area contributed by atoms with Gasteiger partial charge in [-0.05, 0) is 47.0 Å². The second-order valence-corrected chi connectivity index (χ2v) is 8.96. The molecule has 1 atom stereocenters. The smallest absolute Gasteiger partial charge is 0.206 e. The number of hydrogen-bond donors (Lipinski definition) is 1. The Labute approximate surface area is 132 Å². The molecule has 0 aliphatic heterocycles. The minimum absolute atomic E-state index is 0.207. The van der Waals surface area contributed by atoms with E-state index in [4.69, 9.17) is 0 Å².